The average Bonchev–Trinajstić information content (AvgIpc) is 3.47. The summed E-state index contributed by atoms with van der Waals surface area (Å²) in [5.74, 6) is -0.215. The SMILES string of the molecule is O=C(Cc1ccccc1)Nc1cnn(-c2cccc(C(=O)N[C@H]3CCc4ccccc43)c2)c1. The van der Waals surface area contributed by atoms with Crippen LogP contribution < -0.4 is 10.6 Å². The number of hydrogen-bond acceptors (Lipinski definition) is 3. The van der Waals surface area contributed by atoms with Crippen LogP contribution in [-0.4, -0.2) is 21.6 Å². The predicted molar refractivity (Wildman–Crippen MR) is 127 cm³/mol. The first-order valence-corrected chi connectivity index (χ1v) is 11.0. The minimum Gasteiger partial charge on any atom is -0.345 e. The summed E-state index contributed by atoms with van der Waals surface area (Å²) in [4.78, 5) is 25.2. The molecular weight excluding hydrogens is 412 g/mol. The predicted octanol–water partition coefficient (Wildman–Crippen LogP) is 4.47. The molecule has 0 spiro atoms. The highest BCUT2D eigenvalue weighted by Gasteiger charge is 2.23. The Labute approximate surface area is 192 Å². The van der Waals surface area contributed by atoms with Crippen LogP contribution in [0.4, 0.5) is 5.69 Å². The monoisotopic (exact) mass is 436 g/mol. The number of carbonyl (C=O) groups excluding carboxylic acids is 2. The van der Waals surface area contributed by atoms with Gasteiger partial charge in [-0.05, 0) is 47.7 Å². The second-order valence-corrected chi connectivity index (χ2v) is 8.20. The lowest BCUT2D eigenvalue weighted by Gasteiger charge is -2.14. The van der Waals surface area contributed by atoms with Gasteiger partial charge in [0.05, 0.1) is 36.2 Å². The van der Waals surface area contributed by atoms with Crippen molar-refractivity contribution in [2.45, 2.75) is 25.3 Å². The smallest absolute Gasteiger partial charge is 0.251 e. The summed E-state index contributed by atoms with van der Waals surface area (Å²) in [6, 6.07) is 25.2. The first kappa shape index (κ1) is 20.7. The molecule has 3 aromatic carbocycles. The summed E-state index contributed by atoms with van der Waals surface area (Å²) >= 11 is 0. The summed E-state index contributed by atoms with van der Waals surface area (Å²) in [5, 5.41) is 10.4. The lowest BCUT2D eigenvalue weighted by atomic mass is 10.1. The van der Waals surface area contributed by atoms with Gasteiger partial charge in [-0.1, -0.05) is 60.7 Å². The molecule has 1 aliphatic rings. The Balaban J connectivity index is 1.25. The number of amides is 2. The van der Waals surface area contributed by atoms with Gasteiger partial charge in [-0.15, -0.1) is 0 Å². The molecule has 164 valence electrons. The molecule has 1 atom stereocenters. The molecule has 0 radical (unpaired) electrons. The topological polar surface area (TPSA) is 76.0 Å². The van der Waals surface area contributed by atoms with Gasteiger partial charge in [0.1, 0.15) is 0 Å². The van der Waals surface area contributed by atoms with Crippen LogP contribution in [0.2, 0.25) is 0 Å². The fourth-order valence-corrected chi connectivity index (χ4v) is 4.25. The number of carbonyl (C=O) groups is 2. The van der Waals surface area contributed by atoms with E-state index in [1.54, 1.807) is 29.2 Å². The molecule has 33 heavy (non-hydrogen) atoms. The Morgan fingerprint density at radius 3 is 2.67 bits per heavy atom. The lowest BCUT2D eigenvalue weighted by molar-refractivity contribution is -0.115. The summed E-state index contributed by atoms with van der Waals surface area (Å²) in [6.07, 6.45) is 5.54. The molecule has 0 bridgehead atoms. The van der Waals surface area contributed by atoms with Crippen molar-refractivity contribution in [3.63, 3.8) is 0 Å². The van der Waals surface area contributed by atoms with E-state index in [1.165, 1.54) is 11.1 Å². The molecule has 6 heteroatoms. The average molecular weight is 437 g/mol. The van der Waals surface area contributed by atoms with Crippen LogP contribution in [0.5, 0.6) is 0 Å². The lowest BCUT2D eigenvalue weighted by Crippen LogP contribution is -2.27. The van der Waals surface area contributed by atoms with Crippen molar-refractivity contribution in [1.82, 2.24) is 15.1 Å². The van der Waals surface area contributed by atoms with E-state index in [4.69, 9.17) is 0 Å². The highest BCUT2D eigenvalue weighted by molar-refractivity contribution is 5.95. The Morgan fingerprint density at radius 2 is 1.79 bits per heavy atom. The second-order valence-electron chi connectivity index (χ2n) is 8.20. The van der Waals surface area contributed by atoms with Crippen LogP contribution in [0.3, 0.4) is 0 Å². The maximum absolute atomic E-state index is 12.9. The number of nitrogens with one attached hydrogen (secondary N) is 2. The number of aromatic nitrogens is 2. The van der Waals surface area contributed by atoms with Crippen molar-refractivity contribution in [1.29, 1.82) is 0 Å². The van der Waals surface area contributed by atoms with Gasteiger partial charge in [0.2, 0.25) is 5.91 Å². The number of nitrogens with zero attached hydrogens (tertiary/aromatic N) is 2. The van der Waals surface area contributed by atoms with Crippen molar-refractivity contribution in [3.8, 4) is 5.69 Å². The van der Waals surface area contributed by atoms with Gasteiger partial charge in [0.15, 0.2) is 0 Å². The molecule has 2 amide bonds. The van der Waals surface area contributed by atoms with Crippen LogP contribution >= 0.6 is 0 Å². The van der Waals surface area contributed by atoms with Gasteiger partial charge in [-0.25, -0.2) is 4.68 Å². The van der Waals surface area contributed by atoms with Crippen molar-refractivity contribution in [2.24, 2.45) is 0 Å². The summed E-state index contributed by atoms with van der Waals surface area (Å²) < 4.78 is 1.65. The third kappa shape index (κ3) is 4.70. The standard InChI is InChI=1S/C27H24N4O2/c32-26(15-19-7-2-1-3-8-19)29-22-17-28-31(18-22)23-11-6-10-21(16-23)27(33)30-25-14-13-20-9-4-5-12-24(20)25/h1-12,16-18,25H,13-15H2,(H,29,32)(H,30,33)/t25-/m0/s1. The zero-order chi connectivity index (χ0) is 22.6. The van der Waals surface area contributed by atoms with Gasteiger partial charge in [0, 0.05) is 5.56 Å². The van der Waals surface area contributed by atoms with Crippen LogP contribution in [0.1, 0.15) is 39.5 Å². The van der Waals surface area contributed by atoms with Crippen LogP contribution in [0.25, 0.3) is 5.69 Å². The quantitative estimate of drug-likeness (QED) is 0.468. The minimum absolute atomic E-state index is 0.0356. The third-order valence-corrected chi connectivity index (χ3v) is 5.88. The van der Waals surface area contributed by atoms with Gasteiger partial charge in [-0.3, -0.25) is 9.59 Å². The maximum atomic E-state index is 12.9. The van der Waals surface area contributed by atoms with E-state index < -0.39 is 0 Å². The first-order chi connectivity index (χ1) is 16.2. The molecule has 0 aliphatic heterocycles. The molecule has 1 heterocycles. The van der Waals surface area contributed by atoms with Crippen LogP contribution in [0.15, 0.2) is 91.3 Å². The van der Waals surface area contributed by atoms with Gasteiger partial charge < -0.3 is 10.6 Å². The normalized spacial score (nSPS) is 14.5. The van der Waals surface area contributed by atoms with Crippen molar-refractivity contribution < 1.29 is 9.59 Å². The first-order valence-electron chi connectivity index (χ1n) is 11.0. The molecule has 0 fully saturated rings. The highest BCUT2D eigenvalue weighted by Crippen LogP contribution is 2.31. The number of benzene rings is 3. The minimum atomic E-state index is -0.109. The largest absolute Gasteiger partial charge is 0.345 e. The van der Waals surface area contributed by atoms with Crippen molar-refractivity contribution >= 4 is 17.5 Å². The fraction of sp³-hybridized carbons (Fsp3) is 0.148. The summed E-state index contributed by atoms with van der Waals surface area (Å²) in [5.41, 5.74) is 5.37. The Kier molecular flexibility index (Phi) is 5.72. The molecule has 0 saturated heterocycles. The number of aryl methyl sites for hydroxylation is 1. The van der Waals surface area contributed by atoms with E-state index in [1.807, 2.05) is 54.6 Å². The molecule has 4 aromatic rings. The van der Waals surface area contributed by atoms with E-state index in [0.29, 0.717) is 17.7 Å². The van der Waals surface area contributed by atoms with Crippen molar-refractivity contribution in [2.75, 3.05) is 5.32 Å². The highest BCUT2D eigenvalue weighted by atomic mass is 16.2. The number of hydrogen-bond donors (Lipinski definition) is 2. The Bertz CT molecular complexity index is 1300. The van der Waals surface area contributed by atoms with Gasteiger partial charge >= 0.3 is 0 Å². The zero-order valence-corrected chi connectivity index (χ0v) is 18.1. The van der Waals surface area contributed by atoms with Crippen LogP contribution in [-0.2, 0) is 17.6 Å². The molecular formula is C27H24N4O2. The number of fused-ring (bicyclic) bond motifs is 1. The van der Waals surface area contributed by atoms with E-state index in [2.05, 4.69) is 27.9 Å². The van der Waals surface area contributed by atoms with Gasteiger partial charge in [-0.2, -0.15) is 5.10 Å². The molecule has 0 unspecified atom stereocenters. The third-order valence-electron chi connectivity index (χ3n) is 5.88. The molecule has 6 nitrogen and oxygen atoms in total. The Hall–Kier alpha value is -4.19. The van der Waals surface area contributed by atoms with Gasteiger partial charge in [0.25, 0.3) is 5.91 Å². The fourth-order valence-electron chi connectivity index (χ4n) is 4.25. The zero-order valence-electron chi connectivity index (χ0n) is 18.1. The molecule has 1 aromatic heterocycles. The molecule has 1 aliphatic carbocycles. The van der Waals surface area contributed by atoms with Crippen LogP contribution in [0, 0.1) is 0 Å². The van der Waals surface area contributed by atoms with E-state index in [-0.39, 0.29) is 17.9 Å². The maximum Gasteiger partial charge on any atom is 0.251 e. The Morgan fingerprint density at radius 1 is 0.970 bits per heavy atom. The molecule has 2 N–H and O–H groups in total. The summed E-state index contributed by atoms with van der Waals surface area (Å²) in [7, 11) is 0. The molecule has 0 saturated carbocycles. The van der Waals surface area contributed by atoms with E-state index in [0.717, 1.165) is 24.1 Å². The number of anilines is 1. The molecule has 5 rings (SSSR count). The second kappa shape index (κ2) is 9.12. The van der Waals surface area contributed by atoms with E-state index >= 15 is 0 Å². The van der Waals surface area contributed by atoms with E-state index in [9.17, 15) is 9.59 Å². The number of rotatable bonds is 6. The summed E-state index contributed by atoms with van der Waals surface area (Å²) in [6.45, 7) is 0. The van der Waals surface area contributed by atoms with Crippen molar-refractivity contribution in [3.05, 3.63) is 114 Å².